The summed E-state index contributed by atoms with van der Waals surface area (Å²) >= 11 is 1.51. The molecular formula is C15H14O3S. The first-order valence-corrected chi connectivity index (χ1v) is 7.06. The molecule has 0 fully saturated rings. The topological polar surface area (TPSA) is 35.5 Å². The molecule has 0 bridgehead atoms. The number of hydrogen-bond acceptors (Lipinski definition) is 4. The number of aryl methyl sites for hydroxylation is 1. The number of rotatable bonds is 2. The summed E-state index contributed by atoms with van der Waals surface area (Å²) in [6.07, 6.45) is 0.863. The Morgan fingerprint density at radius 2 is 1.89 bits per heavy atom. The van der Waals surface area contributed by atoms with Gasteiger partial charge in [-0.1, -0.05) is 0 Å². The standard InChI is InChI=1S/C15H14O3S/c1-10-3-6-14(19-10)15(16)11-4-5-12-13(9-11)18-8-2-7-17-12/h3-6,9H,2,7-8H2,1H3. The van der Waals surface area contributed by atoms with Crippen LogP contribution in [0.4, 0.5) is 0 Å². The average molecular weight is 274 g/mol. The van der Waals surface area contributed by atoms with E-state index < -0.39 is 0 Å². The smallest absolute Gasteiger partial charge is 0.203 e. The van der Waals surface area contributed by atoms with Gasteiger partial charge in [0.05, 0.1) is 18.1 Å². The zero-order valence-electron chi connectivity index (χ0n) is 10.6. The molecule has 0 unspecified atom stereocenters. The lowest BCUT2D eigenvalue weighted by Crippen LogP contribution is -2.00. The molecule has 3 nitrogen and oxygen atoms in total. The second-order valence-electron chi connectivity index (χ2n) is 4.45. The quantitative estimate of drug-likeness (QED) is 0.787. The minimum absolute atomic E-state index is 0.0359. The fraction of sp³-hybridized carbons (Fsp3) is 0.267. The summed E-state index contributed by atoms with van der Waals surface area (Å²) in [5, 5.41) is 0. The van der Waals surface area contributed by atoms with Crippen molar-refractivity contribution in [1.82, 2.24) is 0 Å². The van der Waals surface area contributed by atoms with Crippen molar-refractivity contribution in [3.63, 3.8) is 0 Å². The van der Waals surface area contributed by atoms with Gasteiger partial charge in [0.15, 0.2) is 11.5 Å². The molecule has 98 valence electrons. The highest BCUT2D eigenvalue weighted by Crippen LogP contribution is 2.31. The van der Waals surface area contributed by atoms with Crippen molar-refractivity contribution < 1.29 is 14.3 Å². The molecule has 0 N–H and O–H groups in total. The first-order valence-electron chi connectivity index (χ1n) is 6.25. The van der Waals surface area contributed by atoms with E-state index in [2.05, 4.69) is 0 Å². The number of fused-ring (bicyclic) bond motifs is 1. The number of ether oxygens (including phenoxy) is 2. The number of carbonyl (C=O) groups excluding carboxylic acids is 1. The zero-order chi connectivity index (χ0) is 13.2. The Hall–Kier alpha value is -1.81. The molecule has 0 aliphatic carbocycles. The van der Waals surface area contributed by atoms with Crippen molar-refractivity contribution in [3.05, 3.63) is 45.6 Å². The van der Waals surface area contributed by atoms with Crippen molar-refractivity contribution >= 4 is 17.1 Å². The molecule has 3 rings (SSSR count). The number of carbonyl (C=O) groups is 1. The van der Waals surface area contributed by atoms with E-state index in [0.717, 1.165) is 21.9 Å². The number of benzene rings is 1. The predicted octanol–water partition coefficient (Wildman–Crippen LogP) is 3.45. The van der Waals surface area contributed by atoms with Crippen LogP contribution >= 0.6 is 11.3 Å². The Kier molecular flexibility index (Phi) is 3.25. The largest absolute Gasteiger partial charge is 0.490 e. The fourth-order valence-electron chi connectivity index (χ4n) is 2.00. The second kappa shape index (κ2) is 5.05. The van der Waals surface area contributed by atoms with Gasteiger partial charge in [-0.15, -0.1) is 11.3 Å². The minimum Gasteiger partial charge on any atom is -0.490 e. The van der Waals surface area contributed by atoms with E-state index in [0.29, 0.717) is 24.5 Å². The Bertz CT molecular complexity index is 616. The maximum Gasteiger partial charge on any atom is 0.203 e. The van der Waals surface area contributed by atoms with E-state index in [1.807, 2.05) is 25.1 Å². The van der Waals surface area contributed by atoms with Gasteiger partial charge < -0.3 is 9.47 Å². The van der Waals surface area contributed by atoms with Gasteiger partial charge in [0.2, 0.25) is 5.78 Å². The van der Waals surface area contributed by atoms with Crippen LogP contribution in [0.1, 0.15) is 26.5 Å². The lowest BCUT2D eigenvalue weighted by molar-refractivity contribution is 0.104. The van der Waals surface area contributed by atoms with E-state index in [4.69, 9.17) is 9.47 Å². The van der Waals surface area contributed by atoms with E-state index >= 15 is 0 Å². The molecule has 2 aromatic rings. The van der Waals surface area contributed by atoms with Crippen LogP contribution < -0.4 is 9.47 Å². The van der Waals surface area contributed by atoms with Gasteiger partial charge in [0.1, 0.15) is 0 Å². The van der Waals surface area contributed by atoms with Crippen molar-refractivity contribution in [2.24, 2.45) is 0 Å². The third kappa shape index (κ3) is 2.49. The molecule has 0 spiro atoms. The van der Waals surface area contributed by atoms with E-state index in [-0.39, 0.29) is 5.78 Å². The lowest BCUT2D eigenvalue weighted by Gasteiger charge is -2.08. The lowest BCUT2D eigenvalue weighted by atomic mass is 10.1. The molecule has 0 amide bonds. The van der Waals surface area contributed by atoms with E-state index in [9.17, 15) is 4.79 Å². The highest BCUT2D eigenvalue weighted by molar-refractivity contribution is 7.14. The van der Waals surface area contributed by atoms with Crippen LogP contribution in [0, 0.1) is 6.92 Å². The summed E-state index contributed by atoms with van der Waals surface area (Å²) in [4.78, 5) is 14.2. The summed E-state index contributed by atoms with van der Waals surface area (Å²) in [6.45, 7) is 3.28. The molecule has 19 heavy (non-hydrogen) atoms. The predicted molar refractivity (Wildman–Crippen MR) is 74.5 cm³/mol. The molecule has 1 aliphatic rings. The molecule has 2 heterocycles. The average Bonchev–Trinajstić information content (AvgIpc) is 2.72. The normalized spacial score (nSPS) is 13.9. The molecule has 1 aliphatic heterocycles. The third-order valence-electron chi connectivity index (χ3n) is 2.97. The van der Waals surface area contributed by atoms with Gasteiger partial charge in [0.25, 0.3) is 0 Å². The fourth-order valence-corrected chi connectivity index (χ4v) is 2.83. The summed E-state index contributed by atoms with van der Waals surface area (Å²) in [7, 11) is 0. The third-order valence-corrected chi connectivity index (χ3v) is 3.97. The summed E-state index contributed by atoms with van der Waals surface area (Å²) in [5.74, 6) is 1.42. The highest BCUT2D eigenvalue weighted by Gasteiger charge is 2.16. The van der Waals surface area contributed by atoms with Gasteiger partial charge in [-0.25, -0.2) is 0 Å². The summed E-state index contributed by atoms with van der Waals surface area (Å²) < 4.78 is 11.2. The van der Waals surface area contributed by atoms with Gasteiger partial charge >= 0.3 is 0 Å². The molecule has 0 saturated carbocycles. The molecule has 1 aromatic carbocycles. The van der Waals surface area contributed by atoms with Crippen LogP contribution in [0.3, 0.4) is 0 Å². The zero-order valence-corrected chi connectivity index (χ0v) is 11.5. The van der Waals surface area contributed by atoms with Crippen LogP contribution in [0.2, 0.25) is 0 Å². The second-order valence-corrected chi connectivity index (χ2v) is 5.74. The van der Waals surface area contributed by atoms with Gasteiger partial charge in [-0.05, 0) is 37.3 Å². The molecular weight excluding hydrogens is 260 g/mol. The van der Waals surface area contributed by atoms with Gasteiger partial charge in [-0.2, -0.15) is 0 Å². The van der Waals surface area contributed by atoms with Crippen LogP contribution in [0.15, 0.2) is 30.3 Å². The highest BCUT2D eigenvalue weighted by atomic mass is 32.1. The molecule has 0 saturated heterocycles. The number of thiophene rings is 1. The monoisotopic (exact) mass is 274 g/mol. The summed E-state index contributed by atoms with van der Waals surface area (Å²) in [6, 6.07) is 9.21. The van der Waals surface area contributed by atoms with Gasteiger partial charge in [-0.3, -0.25) is 4.79 Å². The molecule has 1 aromatic heterocycles. The molecule has 4 heteroatoms. The molecule has 0 atom stereocenters. The van der Waals surface area contributed by atoms with Crippen LogP contribution in [0.25, 0.3) is 0 Å². The Labute approximate surface area is 115 Å². The Morgan fingerprint density at radius 1 is 1.11 bits per heavy atom. The van der Waals surface area contributed by atoms with Crippen LogP contribution in [-0.4, -0.2) is 19.0 Å². The first kappa shape index (κ1) is 12.2. The van der Waals surface area contributed by atoms with Crippen LogP contribution in [0.5, 0.6) is 11.5 Å². The Balaban J connectivity index is 1.93. The summed E-state index contributed by atoms with van der Waals surface area (Å²) in [5.41, 5.74) is 0.645. The van der Waals surface area contributed by atoms with E-state index in [1.54, 1.807) is 12.1 Å². The number of hydrogen-bond donors (Lipinski definition) is 0. The van der Waals surface area contributed by atoms with E-state index in [1.165, 1.54) is 11.3 Å². The Morgan fingerprint density at radius 3 is 2.63 bits per heavy atom. The van der Waals surface area contributed by atoms with Crippen LogP contribution in [-0.2, 0) is 0 Å². The minimum atomic E-state index is 0.0359. The van der Waals surface area contributed by atoms with Crippen molar-refractivity contribution in [1.29, 1.82) is 0 Å². The van der Waals surface area contributed by atoms with Crippen molar-refractivity contribution in [2.75, 3.05) is 13.2 Å². The SMILES string of the molecule is Cc1ccc(C(=O)c2ccc3c(c2)OCCCO3)s1. The van der Waals surface area contributed by atoms with Crippen molar-refractivity contribution in [3.8, 4) is 11.5 Å². The van der Waals surface area contributed by atoms with Crippen molar-refractivity contribution in [2.45, 2.75) is 13.3 Å². The maximum absolute atomic E-state index is 12.3. The first-order chi connectivity index (χ1) is 9.24. The molecule has 0 radical (unpaired) electrons. The van der Waals surface area contributed by atoms with Gasteiger partial charge in [0, 0.05) is 16.9 Å². The number of ketones is 1. The maximum atomic E-state index is 12.3.